The molecule has 0 bridgehead atoms. The minimum Gasteiger partial charge on any atom is -0.491 e. The molecule has 2 aromatic rings. The van der Waals surface area contributed by atoms with Crippen LogP contribution >= 0.6 is 23.7 Å². The zero-order valence-corrected chi connectivity index (χ0v) is 16.3. The zero-order valence-electron chi connectivity index (χ0n) is 14.7. The fraction of sp³-hybridized carbons (Fsp3) is 0.444. The van der Waals surface area contributed by atoms with E-state index in [4.69, 9.17) is 4.74 Å². The van der Waals surface area contributed by atoms with Crippen LogP contribution in [0, 0.1) is 0 Å². The number of halogens is 1. The van der Waals surface area contributed by atoms with E-state index in [1.165, 1.54) is 11.3 Å². The van der Waals surface area contributed by atoms with E-state index in [2.05, 4.69) is 17.2 Å². The van der Waals surface area contributed by atoms with Gasteiger partial charge in [-0.1, -0.05) is 0 Å². The van der Waals surface area contributed by atoms with Crippen LogP contribution < -0.4 is 10.1 Å². The molecular weight excluding hydrogens is 358 g/mol. The van der Waals surface area contributed by atoms with Crippen LogP contribution in [0.2, 0.25) is 0 Å². The summed E-state index contributed by atoms with van der Waals surface area (Å²) in [5, 5.41) is 6.05. The summed E-state index contributed by atoms with van der Waals surface area (Å²) in [6.07, 6.45) is 0.154. The number of thiazole rings is 1. The Morgan fingerprint density at radius 2 is 2.08 bits per heavy atom. The van der Waals surface area contributed by atoms with Crippen LogP contribution in [0.3, 0.4) is 0 Å². The molecule has 136 valence electrons. The second-order valence-corrected chi connectivity index (χ2v) is 7.19. The molecule has 0 saturated carbocycles. The highest BCUT2D eigenvalue weighted by Crippen LogP contribution is 2.26. The van der Waals surface area contributed by atoms with Crippen molar-refractivity contribution in [2.45, 2.75) is 32.9 Å². The number of hydrogen-bond acceptors (Lipinski definition) is 5. The molecule has 1 unspecified atom stereocenters. The SMILES string of the molecule is CC1CN(C(=O)c2csc(-c3ccc(OC(C)C)cc3)n2)CCN1.Cl. The molecule has 0 spiro atoms. The average molecular weight is 382 g/mol. The molecule has 1 aromatic heterocycles. The van der Waals surface area contributed by atoms with Gasteiger partial charge in [0.05, 0.1) is 6.10 Å². The summed E-state index contributed by atoms with van der Waals surface area (Å²) < 4.78 is 5.65. The van der Waals surface area contributed by atoms with Gasteiger partial charge < -0.3 is 15.0 Å². The van der Waals surface area contributed by atoms with Gasteiger partial charge in [-0.25, -0.2) is 4.98 Å². The van der Waals surface area contributed by atoms with Crippen molar-refractivity contribution in [2.24, 2.45) is 0 Å². The van der Waals surface area contributed by atoms with Crippen molar-refractivity contribution in [3.05, 3.63) is 35.3 Å². The summed E-state index contributed by atoms with van der Waals surface area (Å²) >= 11 is 1.50. The lowest BCUT2D eigenvalue weighted by Gasteiger charge is -2.31. The normalized spacial score (nSPS) is 17.3. The van der Waals surface area contributed by atoms with E-state index in [9.17, 15) is 4.79 Å². The Balaban J connectivity index is 0.00000225. The molecule has 1 aromatic carbocycles. The molecule has 1 amide bonds. The third kappa shape index (κ3) is 4.93. The van der Waals surface area contributed by atoms with Crippen LogP contribution in [0.1, 0.15) is 31.3 Å². The van der Waals surface area contributed by atoms with Gasteiger partial charge in [-0.05, 0) is 45.0 Å². The van der Waals surface area contributed by atoms with Gasteiger partial charge in [0.15, 0.2) is 0 Å². The highest BCUT2D eigenvalue weighted by Gasteiger charge is 2.23. The van der Waals surface area contributed by atoms with Crippen molar-refractivity contribution in [2.75, 3.05) is 19.6 Å². The van der Waals surface area contributed by atoms with E-state index < -0.39 is 0 Å². The number of rotatable bonds is 4. The standard InChI is InChI=1S/C18H23N3O2S.ClH/c1-12(2)23-15-6-4-14(5-7-15)17-20-16(11-24-17)18(22)21-9-8-19-13(3)10-21;/h4-7,11-13,19H,8-10H2,1-3H3;1H. The van der Waals surface area contributed by atoms with Crippen LogP contribution in [0.25, 0.3) is 10.6 Å². The lowest BCUT2D eigenvalue weighted by Crippen LogP contribution is -2.51. The first-order valence-corrected chi connectivity index (χ1v) is 9.16. The Kier molecular flexibility index (Phi) is 6.81. The number of nitrogens with one attached hydrogen (secondary N) is 1. The van der Waals surface area contributed by atoms with Crippen LogP contribution in [0.5, 0.6) is 5.75 Å². The predicted octanol–water partition coefficient (Wildman–Crippen LogP) is 3.45. The van der Waals surface area contributed by atoms with Gasteiger partial charge >= 0.3 is 0 Å². The number of ether oxygens (including phenoxy) is 1. The summed E-state index contributed by atoms with van der Waals surface area (Å²) in [4.78, 5) is 19.0. The zero-order chi connectivity index (χ0) is 17.1. The Hall–Kier alpha value is -1.63. The van der Waals surface area contributed by atoms with Gasteiger partial charge in [-0.3, -0.25) is 4.79 Å². The van der Waals surface area contributed by atoms with Crippen molar-refractivity contribution in [3.63, 3.8) is 0 Å². The summed E-state index contributed by atoms with van der Waals surface area (Å²) in [6.45, 7) is 8.39. The fourth-order valence-corrected chi connectivity index (χ4v) is 3.53. The fourth-order valence-electron chi connectivity index (χ4n) is 2.73. The highest BCUT2D eigenvalue weighted by molar-refractivity contribution is 7.13. The first-order valence-electron chi connectivity index (χ1n) is 8.28. The lowest BCUT2D eigenvalue weighted by atomic mass is 10.2. The van der Waals surface area contributed by atoms with Crippen LogP contribution in [0.4, 0.5) is 0 Å². The average Bonchev–Trinajstić information content (AvgIpc) is 3.04. The number of benzene rings is 1. The van der Waals surface area contributed by atoms with Crippen molar-refractivity contribution in [1.82, 2.24) is 15.2 Å². The van der Waals surface area contributed by atoms with Crippen molar-refractivity contribution in [1.29, 1.82) is 0 Å². The van der Waals surface area contributed by atoms with Crippen LogP contribution in [0.15, 0.2) is 29.6 Å². The monoisotopic (exact) mass is 381 g/mol. The van der Waals surface area contributed by atoms with Gasteiger partial charge in [0.1, 0.15) is 16.5 Å². The van der Waals surface area contributed by atoms with Crippen molar-refractivity contribution >= 4 is 29.7 Å². The van der Waals surface area contributed by atoms with Crippen LogP contribution in [-0.4, -0.2) is 47.6 Å². The number of hydrogen-bond donors (Lipinski definition) is 1. The summed E-state index contributed by atoms with van der Waals surface area (Å²) in [5.74, 6) is 0.863. The van der Waals surface area contributed by atoms with Crippen molar-refractivity contribution < 1.29 is 9.53 Å². The Labute approximate surface area is 158 Å². The molecule has 1 aliphatic rings. The molecule has 5 nitrogen and oxygen atoms in total. The van der Waals surface area contributed by atoms with Gasteiger partial charge in [0, 0.05) is 36.6 Å². The molecular formula is C18H24ClN3O2S. The lowest BCUT2D eigenvalue weighted by molar-refractivity contribution is 0.0704. The molecule has 25 heavy (non-hydrogen) atoms. The number of aromatic nitrogens is 1. The third-order valence-electron chi connectivity index (χ3n) is 3.85. The largest absolute Gasteiger partial charge is 0.491 e. The number of nitrogens with zero attached hydrogens (tertiary/aromatic N) is 2. The smallest absolute Gasteiger partial charge is 0.273 e. The third-order valence-corrected chi connectivity index (χ3v) is 4.74. The maximum absolute atomic E-state index is 12.6. The second kappa shape index (κ2) is 8.65. The van der Waals surface area contributed by atoms with E-state index in [1.54, 1.807) is 0 Å². The Bertz CT molecular complexity index is 703. The molecule has 2 heterocycles. The highest BCUT2D eigenvalue weighted by atomic mass is 35.5. The molecule has 0 radical (unpaired) electrons. The molecule has 1 atom stereocenters. The molecule has 1 aliphatic heterocycles. The van der Waals surface area contributed by atoms with Gasteiger partial charge in [0.2, 0.25) is 0 Å². The van der Waals surface area contributed by atoms with E-state index in [1.807, 2.05) is 48.4 Å². The summed E-state index contributed by atoms with van der Waals surface area (Å²) in [6, 6.07) is 8.18. The Morgan fingerprint density at radius 1 is 1.36 bits per heavy atom. The quantitative estimate of drug-likeness (QED) is 0.881. The minimum atomic E-state index is 0. The van der Waals surface area contributed by atoms with Crippen molar-refractivity contribution in [3.8, 4) is 16.3 Å². The number of carbonyl (C=O) groups is 1. The predicted molar refractivity (Wildman–Crippen MR) is 104 cm³/mol. The first-order chi connectivity index (χ1) is 11.5. The van der Waals surface area contributed by atoms with E-state index in [0.29, 0.717) is 11.7 Å². The second-order valence-electron chi connectivity index (χ2n) is 6.34. The van der Waals surface area contributed by atoms with Gasteiger partial charge in [-0.15, -0.1) is 23.7 Å². The number of piperazine rings is 1. The summed E-state index contributed by atoms with van der Waals surface area (Å²) in [7, 11) is 0. The molecule has 7 heteroatoms. The number of amides is 1. The van der Waals surface area contributed by atoms with E-state index >= 15 is 0 Å². The Morgan fingerprint density at radius 3 is 2.72 bits per heavy atom. The van der Waals surface area contributed by atoms with E-state index in [0.717, 1.165) is 36.0 Å². The van der Waals surface area contributed by atoms with Crippen LogP contribution in [-0.2, 0) is 0 Å². The molecule has 1 saturated heterocycles. The topological polar surface area (TPSA) is 54.5 Å². The molecule has 1 N–H and O–H groups in total. The first kappa shape index (κ1) is 19.7. The molecule has 3 rings (SSSR count). The number of carbonyl (C=O) groups excluding carboxylic acids is 1. The van der Waals surface area contributed by atoms with Gasteiger partial charge in [0.25, 0.3) is 5.91 Å². The summed E-state index contributed by atoms with van der Waals surface area (Å²) in [5.41, 5.74) is 1.54. The van der Waals surface area contributed by atoms with Gasteiger partial charge in [-0.2, -0.15) is 0 Å². The molecule has 1 fully saturated rings. The minimum absolute atomic E-state index is 0. The maximum Gasteiger partial charge on any atom is 0.273 e. The van der Waals surface area contributed by atoms with E-state index in [-0.39, 0.29) is 24.4 Å². The maximum atomic E-state index is 12.6. The molecule has 0 aliphatic carbocycles.